The molecule has 20 heavy (non-hydrogen) atoms. The molecule has 0 unspecified atom stereocenters. The van der Waals surface area contributed by atoms with E-state index < -0.39 is 11.4 Å². The molecule has 0 amide bonds. The molecule has 0 saturated heterocycles. The maximum Gasteiger partial charge on any atom is 0.310 e. The van der Waals surface area contributed by atoms with Crippen molar-refractivity contribution in [1.29, 1.82) is 0 Å². The summed E-state index contributed by atoms with van der Waals surface area (Å²) in [6, 6.07) is 5.56. The minimum atomic E-state index is -0.677. The zero-order valence-electron chi connectivity index (χ0n) is 12.1. The van der Waals surface area contributed by atoms with Gasteiger partial charge in [-0.3, -0.25) is 4.79 Å². The molecule has 1 N–H and O–H groups in total. The number of methoxy groups -OCH3 is 1. The molecule has 4 nitrogen and oxygen atoms in total. The monoisotopic (exact) mass is 277 g/mol. The van der Waals surface area contributed by atoms with Gasteiger partial charge in [-0.1, -0.05) is 38.2 Å². The Morgan fingerprint density at radius 1 is 1.25 bits per heavy atom. The number of aliphatic carboxylic acids is 1. The van der Waals surface area contributed by atoms with Gasteiger partial charge in [-0.25, -0.2) is 4.98 Å². The first-order valence-electron chi connectivity index (χ1n) is 7.40. The van der Waals surface area contributed by atoms with Crippen molar-refractivity contribution in [3.8, 4) is 5.88 Å². The third-order valence-corrected chi connectivity index (χ3v) is 4.27. The highest BCUT2D eigenvalue weighted by atomic mass is 16.5. The maximum absolute atomic E-state index is 11.8. The van der Waals surface area contributed by atoms with E-state index in [1.807, 2.05) is 12.1 Å². The number of hydrogen-bond acceptors (Lipinski definition) is 3. The minimum Gasteiger partial charge on any atom is -0.481 e. The Morgan fingerprint density at radius 2 is 1.90 bits per heavy atom. The summed E-state index contributed by atoms with van der Waals surface area (Å²) in [6.07, 6.45) is 7.50. The Hall–Kier alpha value is -1.58. The molecule has 1 fully saturated rings. The van der Waals surface area contributed by atoms with Gasteiger partial charge in [0.1, 0.15) is 0 Å². The number of nitrogens with zero attached hydrogens (tertiary/aromatic N) is 1. The SMILES string of the molecule is COc1cccc(CC2(C(=O)O)CCCCCCC2)n1. The molecule has 110 valence electrons. The third-order valence-electron chi connectivity index (χ3n) is 4.27. The first kappa shape index (κ1) is 14.8. The summed E-state index contributed by atoms with van der Waals surface area (Å²) < 4.78 is 5.12. The first-order valence-corrected chi connectivity index (χ1v) is 7.40. The summed E-state index contributed by atoms with van der Waals surface area (Å²) in [5.74, 6) is -0.127. The van der Waals surface area contributed by atoms with Gasteiger partial charge < -0.3 is 9.84 Å². The molecule has 1 aliphatic rings. The lowest BCUT2D eigenvalue weighted by atomic mass is 9.73. The Balaban J connectivity index is 2.20. The van der Waals surface area contributed by atoms with E-state index in [0.717, 1.165) is 44.2 Å². The number of carbonyl (C=O) groups is 1. The molecule has 0 atom stereocenters. The molecule has 1 saturated carbocycles. The van der Waals surface area contributed by atoms with Crippen molar-refractivity contribution >= 4 is 5.97 Å². The molecule has 0 radical (unpaired) electrons. The predicted octanol–water partition coefficient (Wildman–Crippen LogP) is 3.45. The number of ether oxygens (including phenoxy) is 1. The Bertz CT molecular complexity index is 451. The zero-order valence-corrected chi connectivity index (χ0v) is 12.1. The van der Waals surface area contributed by atoms with E-state index in [1.54, 1.807) is 13.2 Å². The highest BCUT2D eigenvalue weighted by Gasteiger charge is 2.38. The molecule has 1 aliphatic carbocycles. The fraction of sp³-hybridized carbons (Fsp3) is 0.625. The smallest absolute Gasteiger partial charge is 0.310 e. The van der Waals surface area contributed by atoms with Crippen LogP contribution in [0.25, 0.3) is 0 Å². The number of hydrogen-bond donors (Lipinski definition) is 1. The average molecular weight is 277 g/mol. The molecular weight excluding hydrogens is 254 g/mol. The number of rotatable bonds is 4. The van der Waals surface area contributed by atoms with E-state index in [9.17, 15) is 9.90 Å². The summed E-state index contributed by atoms with van der Waals surface area (Å²) in [7, 11) is 1.58. The molecule has 1 heterocycles. The van der Waals surface area contributed by atoms with Crippen LogP contribution >= 0.6 is 0 Å². The summed E-state index contributed by atoms with van der Waals surface area (Å²) in [5.41, 5.74) is 0.159. The van der Waals surface area contributed by atoms with Crippen LogP contribution in [0.1, 0.15) is 50.6 Å². The fourth-order valence-electron chi connectivity index (χ4n) is 3.06. The third kappa shape index (κ3) is 3.50. The lowest BCUT2D eigenvalue weighted by Crippen LogP contribution is -2.34. The summed E-state index contributed by atoms with van der Waals surface area (Å²) in [4.78, 5) is 16.2. The molecule has 0 spiro atoms. The average Bonchev–Trinajstić information content (AvgIpc) is 2.42. The second kappa shape index (κ2) is 6.73. The van der Waals surface area contributed by atoms with Gasteiger partial charge in [-0.2, -0.15) is 0 Å². The highest BCUT2D eigenvalue weighted by molar-refractivity contribution is 5.75. The molecule has 1 aromatic heterocycles. The second-order valence-corrected chi connectivity index (χ2v) is 5.70. The van der Waals surface area contributed by atoms with E-state index in [2.05, 4.69) is 4.98 Å². The Morgan fingerprint density at radius 3 is 2.50 bits per heavy atom. The predicted molar refractivity (Wildman–Crippen MR) is 76.9 cm³/mol. The minimum absolute atomic E-state index is 0.500. The van der Waals surface area contributed by atoms with Crippen LogP contribution in [0.15, 0.2) is 18.2 Å². The van der Waals surface area contributed by atoms with Crippen LogP contribution in [-0.2, 0) is 11.2 Å². The van der Waals surface area contributed by atoms with Crippen LogP contribution in [0.4, 0.5) is 0 Å². The van der Waals surface area contributed by atoms with E-state index in [-0.39, 0.29) is 0 Å². The van der Waals surface area contributed by atoms with Crippen molar-refractivity contribution in [2.45, 2.75) is 51.4 Å². The Kier molecular flexibility index (Phi) is 4.99. The highest BCUT2D eigenvalue weighted by Crippen LogP contribution is 2.37. The van der Waals surface area contributed by atoms with E-state index in [1.165, 1.54) is 6.42 Å². The van der Waals surface area contributed by atoms with E-state index >= 15 is 0 Å². The Labute approximate surface area is 120 Å². The molecule has 1 aromatic rings. The maximum atomic E-state index is 11.8. The van der Waals surface area contributed by atoms with Crippen LogP contribution in [0, 0.1) is 5.41 Å². The fourth-order valence-corrected chi connectivity index (χ4v) is 3.06. The standard InChI is InChI=1S/C16H23NO3/c1-20-14-9-7-8-13(17-14)12-16(15(18)19)10-5-3-2-4-6-11-16/h7-9H,2-6,10-12H2,1H3,(H,18,19). The van der Waals surface area contributed by atoms with Gasteiger partial charge in [0.2, 0.25) is 5.88 Å². The van der Waals surface area contributed by atoms with Crippen LogP contribution in [0.5, 0.6) is 5.88 Å². The lowest BCUT2D eigenvalue weighted by molar-refractivity contribution is -0.150. The van der Waals surface area contributed by atoms with Gasteiger partial charge in [0.15, 0.2) is 0 Å². The van der Waals surface area contributed by atoms with Crippen LogP contribution < -0.4 is 4.74 Å². The van der Waals surface area contributed by atoms with Gasteiger partial charge in [-0.05, 0) is 18.9 Å². The van der Waals surface area contributed by atoms with Crippen LogP contribution in [0.2, 0.25) is 0 Å². The van der Waals surface area contributed by atoms with Crippen molar-refractivity contribution in [1.82, 2.24) is 4.98 Å². The summed E-state index contributed by atoms with van der Waals surface area (Å²) >= 11 is 0. The number of pyridine rings is 1. The molecule has 4 heteroatoms. The normalized spacial score (nSPS) is 18.9. The number of carboxylic acids is 1. The largest absolute Gasteiger partial charge is 0.481 e. The van der Waals surface area contributed by atoms with Gasteiger partial charge >= 0.3 is 5.97 Å². The molecular formula is C16H23NO3. The van der Waals surface area contributed by atoms with Crippen molar-refractivity contribution in [2.24, 2.45) is 5.41 Å². The lowest BCUT2D eigenvalue weighted by Gasteiger charge is -2.31. The number of aromatic nitrogens is 1. The zero-order chi connectivity index (χ0) is 14.4. The van der Waals surface area contributed by atoms with Crippen molar-refractivity contribution in [3.63, 3.8) is 0 Å². The van der Waals surface area contributed by atoms with Gasteiger partial charge in [-0.15, -0.1) is 0 Å². The van der Waals surface area contributed by atoms with Gasteiger partial charge in [0.25, 0.3) is 0 Å². The molecule has 0 aliphatic heterocycles. The number of carboxylic acid groups (broad SMARTS) is 1. The second-order valence-electron chi connectivity index (χ2n) is 5.70. The topological polar surface area (TPSA) is 59.4 Å². The summed E-state index contributed by atoms with van der Waals surface area (Å²) in [5, 5.41) is 9.73. The van der Waals surface area contributed by atoms with Crippen molar-refractivity contribution in [3.05, 3.63) is 23.9 Å². The van der Waals surface area contributed by atoms with E-state index in [4.69, 9.17) is 4.74 Å². The quantitative estimate of drug-likeness (QED) is 0.915. The van der Waals surface area contributed by atoms with Crippen molar-refractivity contribution < 1.29 is 14.6 Å². The molecule has 2 rings (SSSR count). The molecule has 0 aromatic carbocycles. The van der Waals surface area contributed by atoms with Gasteiger partial charge in [0, 0.05) is 18.2 Å². The van der Waals surface area contributed by atoms with Crippen molar-refractivity contribution in [2.75, 3.05) is 7.11 Å². The van der Waals surface area contributed by atoms with Gasteiger partial charge in [0.05, 0.1) is 12.5 Å². The summed E-state index contributed by atoms with van der Waals surface area (Å²) in [6.45, 7) is 0. The first-order chi connectivity index (χ1) is 9.66. The van der Waals surface area contributed by atoms with Crippen LogP contribution in [0.3, 0.4) is 0 Å². The van der Waals surface area contributed by atoms with E-state index in [0.29, 0.717) is 12.3 Å². The molecule has 0 bridgehead atoms. The van der Waals surface area contributed by atoms with Crippen LogP contribution in [-0.4, -0.2) is 23.2 Å².